The van der Waals surface area contributed by atoms with Crippen LogP contribution >= 0.6 is 11.3 Å². The van der Waals surface area contributed by atoms with Crippen molar-refractivity contribution in [3.63, 3.8) is 0 Å². The van der Waals surface area contributed by atoms with Gasteiger partial charge < -0.3 is 25.0 Å². The van der Waals surface area contributed by atoms with E-state index in [0.29, 0.717) is 18.8 Å². The SMILES string of the molecule is O=C(O)CC1CN(C(=O)NCc2csc(=O)[nH]2)CCO1. The predicted molar refractivity (Wildman–Crippen MR) is 70.7 cm³/mol. The first-order chi connectivity index (χ1) is 9.54. The number of nitrogens with zero attached hydrogens (tertiary/aromatic N) is 1. The first-order valence-electron chi connectivity index (χ1n) is 6.07. The van der Waals surface area contributed by atoms with E-state index in [2.05, 4.69) is 10.3 Å². The number of amides is 2. The zero-order valence-electron chi connectivity index (χ0n) is 10.6. The van der Waals surface area contributed by atoms with Gasteiger partial charge in [-0.05, 0) is 0 Å². The number of ether oxygens (including phenoxy) is 1. The van der Waals surface area contributed by atoms with E-state index in [1.807, 2.05) is 0 Å². The number of hydrogen-bond donors (Lipinski definition) is 3. The summed E-state index contributed by atoms with van der Waals surface area (Å²) in [6.07, 6.45) is -0.602. The van der Waals surface area contributed by atoms with Crippen LogP contribution in [0.15, 0.2) is 10.2 Å². The van der Waals surface area contributed by atoms with Crippen molar-refractivity contribution in [1.29, 1.82) is 0 Å². The van der Waals surface area contributed by atoms with Crippen molar-refractivity contribution in [3.8, 4) is 0 Å². The summed E-state index contributed by atoms with van der Waals surface area (Å²) in [7, 11) is 0. The van der Waals surface area contributed by atoms with Crippen LogP contribution in [0.4, 0.5) is 4.79 Å². The number of rotatable bonds is 4. The highest BCUT2D eigenvalue weighted by Crippen LogP contribution is 2.09. The van der Waals surface area contributed by atoms with Crippen molar-refractivity contribution < 1.29 is 19.4 Å². The van der Waals surface area contributed by atoms with Crippen LogP contribution in [0.25, 0.3) is 0 Å². The number of morpholine rings is 1. The number of aromatic amines is 1. The minimum atomic E-state index is -0.951. The molecule has 2 rings (SSSR count). The van der Waals surface area contributed by atoms with Crippen LogP contribution in [-0.4, -0.2) is 52.8 Å². The van der Waals surface area contributed by atoms with Crippen LogP contribution in [0.5, 0.6) is 0 Å². The Morgan fingerprint density at radius 1 is 1.60 bits per heavy atom. The van der Waals surface area contributed by atoms with Gasteiger partial charge in [0.25, 0.3) is 0 Å². The molecule has 0 radical (unpaired) electrons. The van der Waals surface area contributed by atoms with Gasteiger partial charge in [0.2, 0.25) is 0 Å². The molecule has 1 fully saturated rings. The lowest BCUT2D eigenvalue weighted by Gasteiger charge is -2.32. The summed E-state index contributed by atoms with van der Waals surface area (Å²) in [5.74, 6) is -0.951. The van der Waals surface area contributed by atoms with Crippen molar-refractivity contribution in [2.45, 2.75) is 19.1 Å². The van der Waals surface area contributed by atoms with Crippen molar-refractivity contribution >= 4 is 23.3 Å². The molecule has 9 heteroatoms. The Labute approximate surface area is 118 Å². The molecular weight excluding hydrogens is 286 g/mol. The summed E-state index contributed by atoms with van der Waals surface area (Å²) in [5, 5.41) is 13.0. The Morgan fingerprint density at radius 3 is 3.05 bits per heavy atom. The molecule has 1 unspecified atom stereocenters. The maximum atomic E-state index is 11.9. The van der Waals surface area contributed by atoms with Crippen molar-refractivity contribution in [3.05, 3.63) is 20.7 Å². The van der Waals surface area contributed by atoms with Crippen molar-refractivity contribution in [2.24, 2.45) is 0 Å². The molecule has 0 aliphatic carbocycles. The second kappa shape index (κ2) is 6.53. The van der Waals surface area contributed by atoms with Gasteiger partial charge in [-0.2, -0.15) is 0 Å². The highest BCUT2D eigenvalue weighted by atomic mass is 32.1. The number of aliphatic carboxylic acids is 1. The van der Waals surface area contributed by atoms with Gasteiger partial charge in [-0.1, -0.05) is 11.3 Å². The molecule has 0 bridgehead atoms. The van der Waals surface area contributed by atoms with Crippen LogP contribution in [-0.2, 0) is 16.1 Å². The minimum Gasteiger partial charge on any atom is -0.481 e. The highest BCUT2D eigenvalue weighted by molar-refractivity contribution is 7.07. The predicted octanol–water partition coefficient (Wildman–Crippen LogP) is -0.178. The van der Waals surface area contributed by atoms with Gasteiger partial charge in [0.1, 0.15) is 0 Å². The average molecular weight is 301 g/mol. The number of carboxylic acid groups (broad SMARTS) is 1. The van der Waals surface area contributed by atoms with E-state index < -0.39 is 12.1 Å². The molecule has 0 spiro atoms. The first-order valence-corrected chi connectivity index (χ1v) is 6.95. The summed E-state index contributed by atoms with van der Waals surface area (Å²) in [4.78, 5) is 37.5. The molecule has 1 aromatic heterocycles. The van der Waals surface area contributed by atoms with Crippen LogP contribution in [0, 0.1) is 0 Å². The topological polar surface area (TPSA) is 112 Å². The molecule has 1 saturated heterocycles. The third-order valence-corrected chi connectivity index (χ3v) is 3.55. The average Bonchev–Trinajstić information content (AvgIpc) is 2.81. The van der Waals surface area contributed by atoms with Gasteiger partial charge in [-0.3, -0.25) is 9.59 Å². The molecule has 20 heavy (non-hydrogen) atoms. The Bertz CT molecular complexity index is 540. The van der Waals surface area contributed by atoms with Crippen molar-refractivity contribution in [1.82, 2.24) is 15.2 Å². The molecule has 2 heterocycles. The Balaban J connectivity index is 1.82. The number of carboxylic acids is 1. The van der Waals surface area contributed by atoms with Gasteiger partial charge in [-0.25, -0.2) is 4.79 Å². The first kappa shape index (κ1) is 14.5. The van der Waals surface area contributed by atoms with Crippen LogP contribution in [0.3, 0.4) is 0 Å². The molecule has 1 aliphatic rings. The van der Waals surface area contributed by atoms with E-state index in [0.717, 1.165) is 11.3 Å². The van der Waals surface area contributed by atoms with E-state index in [4.69, 9.17) is 9.84 Å². The monoisotopic (exact) mass is 301 g/mol. The largest absolute Gasteiger partial charge is 0.481 e. The number of thiazole rings is 1. The number of carbonyl (C=O) groups excluding carboxylic acids is 1. The number of hydrogen-bond acceptors (Lipinski definition) is 5. The van der Waals surface area contributed by atoms with Gasteiger partial charge in [0, 0.05) is 24.2 Å². The zero-order valence-corrected chi connectivity index (χ0v) is 11.4. The third-order valence-electron chi connectivity index (χ3n) is 2.83. The lowest BCUT2D eigenvalue weighted by molar-refractivity contribution is -0.141. The molecule has 2 amide bonds. The summed E-state index contributed by atoms with van der Waals surface area (Å²) >= 11 is 1.04. The van der Waals surface area contributed by atoms with Gasteiger partial charge in [0.05, 0.1) is 25.7 Å². The molecular formula is C11H15N3O5S. The number of H-pyrrole nitrogens is 1. The summed E-state index contributed by atoms with van der Waals surface area (Å²) in [5.41, 5.74) is 0.642. The minimum absolute atomic E-state index is 0.123. The zero-order chi connectivity index (χ0) is 14.5. The number of aromatic nitrogens is 1. The standard InChI is InChI=1S/C11H15N3O5S/c15-9(16)3-8-5-14(1-2-19-8)10(17)12-4-7-6-20-11(18)13-7/h6,8H,1-5H2,(H,12,17)(H,13,18)(H,15,16). The number of urea groups is 1. The maximum Gasteiger partial charge on any atom is 0.317 e. The molecule has 0 saturated carbocycles. The summed E-state index contributed by atoms with van der Waals surface area (Å²) in [6.45, 7) is 1.22. The number of carbonyl (C=O) groups is 2. The summed E-state index contributed by atoms with van der Waals surface area (Å²) in [6, 6.07) is -0.296. The smallest absolute Gasteiger partial charge is 0.317 e. The molecule has 1 aromatic rings. The fourth-order valence-electron chi connectivity index (χ4n) is 1.91. The Morgan fingerprint density at radius 2 is 2.40 bits per heavy atom. The molecule has 0 aromatic carbocycles. The van der Waals surface area contributed by atoms with Crippen LogP contribution in [0.1, 0.15) is 12.1 Å². The second-order valence-electron chi connectivity index (χ2n) is 4.37. The summed E-state index contributed by atoms with van der Waals surface area (Å²) < 4.78 is 5.29. The molecule has 8 nitrogen and oxygen atoms in total. The van der Waals surface area contributed by atoms with Crippen molar-refractivity contribution in [2.75, 3.05) is 19.7 Å². The van der Waals surface area contributed by atoms with E-state index in [-0.39, 0.29) is 30.4 Å². The molecule has 1 atom stereocenters. The number of nitrogens with one attached hydrogen (secondary N) is 2. The third kappa shape index (κ3) is 4.07. The van der Waals surface area contributed by atoms with E-state index in [1.165, 1.54) is 4.90 Å². The van der Waals surface area contributed by atoms with Gasteiger partial charge in [-0.15, -0.1) is 0 Å². The Hall–Kier alpha value is -1.87. The maximum absolute atomic E-state index is 11.9. The normalized spacial score (nSPS) is 18.8. The molecule has 1 aliphatic heterocycles. The second-order valence-corrected chi connectivity index (χ2v) is 5.21. The van der Waals surface area contributed by atoms with Gasteiger partial charge >= 0.3 is 16.9 Å². The highest BCUT2D eigenvalue weighted by Gasteiger charge is 2.25. The van der Waals surface area contributed by atoms with Gasteiger partial charge in [0.15, 0.2) is 0 Å². The quantitative estimate of drug-likeness (QED) is 0.714. The van der Waals surface area contributed by atoms with Crippen LogP contribution < -0.4 is 10.2 Å². The lowest BCUT2D eigenvalue weighted by atomic mass is 10.2. The van der Waals surface area contributed by atoms with Crippen LogP contribution in [0.2, 0.25) is 0 Å². The molecule has 110 valence electrons. The Kier molecular flexibility index (Phi) is 4.74. The fourth-order valence-corrected chi connectivity index (χ4v) is 2.49. The van der Waals surface area contributed by atoms with E-state index in [1.54, 1.807) is 5.38 Å². The van der Waals surface area contributed by atoms with E-state index in [9.17, 15) is 14.4 Å². The van der Waals surface area contributed by atoms with E-state index >= 15 is 0 Å². The fraction of sp³-hybridized carbons (Fsp3) is 0.545. The lowest BCUT2D eigenvalue weighted by Crippen LogP contribution is -2.49. The molecule has 3 N–H and O–H groups in total.